The van der Waals surface area contributed by atoms with E-state index >= 15 is 0 Å². The number of halogens is 2. The van der Waals surface area contributed by atoms with Crippen LogP contribution in [0.2, 0.25) is 0 Å². The molecule has 0 spiro atoms. The van der Waals surface area contributed by atoms with E-state index in [1.54, 1.807) is 13.2 Å². The molecule has 20 heavy (non-hydrogen) atoms. The van der Waals surface area contributed by atoms with E-state index in [4.69, 9.17) is 10.5 Å². The van der Waals surface area contributed by atoms with E-state index in [0.29, 0.717) is 11.4 Å². The van der Waals surface area contributed by atoms with E-state index in [0.717, 1.165) is 10.0 Å². The average Bonchev–Trinajstić information content (AvgIpc) is 2.38. The van der Waals surface area contributed by atoms with Gasteiger partial charge in [0.15, 0.2) is 0 Å². The molecule has 6 heteroatoms. The Morgan fingerprint density at radius 1 is 1.30 bits per heavy atom. The number of benzene rings is 2. The SMILES string of the molecule is COc1ccc(Br)cc1CS(=O)c1ccc(N)cc1F. The minimum atomic E-state index is -1.51. The highest BCUT2D eigenvalue weighted by atomic mass is 79.9. The van der Waals surface area contributed by atoms with Crippen LogP contribution < -0.4 is 10.5 Å². The van der Waals surface area contributed by atoms with Crippen LogP contribution in [0.25, 0.3) is 0 Å². The lowest BCUT2D eigenvalue weighted by Gasteiger charge is -2.09. The summed E-state index contributed by atoms with van der Waals surface area (Å²) in [6, 6.07) is 9.57. The molecule has 0 aliphatic carbocycles. The van der Waals surface area contributed by atoms with Gasteiger partial charge >= 0.3 is 0 Å². The molecule has 0 saturated heterocycles. The Kier molecular flexibility index (Phi) is 4.77. The van der Waals surface area contributed by atoms with Gasteiger partial charge in [-0.3, -0.25) is 4.21 Å². The summed E-state index contributed by atoms with van der Waals surface area (Å²) in [5, 5.41) is 0. The predicted octanol–water partition coefficient (Wildman–Crippen LogP) is 3.49. The number of nitrogens with two attached hydrogens (primary N) is 1. The zero-order chi connectivity index (χ0) is 14.7. The summed E-state index contributed by atoms with van der Waals surface area (Å²) in [6.07, 6.45) is 0. The Hall–Kier alpha value is -1.40. The van der Waals surface area contributed by atoms with Gasteiger partial charge in [0.2, 0.25) is 0 Å². The molecule has 3 nitrogen and oxygen atoms in total. The van der Waals surface area contributed by atoms with Crippen molar-refractivity contribution in [2.45, 2.75) is 10.6 Å². The van der Waals surface area contributed by atoms with Crippen LogP contribution in [0.15, 0.2) is 45.8 Å². The summed E-state index contributed by atoms with van der Waals surface area (Å²) in [6.45, 7) is 0. The van der Waals surface area contributed by atoms with Gasteiger partial charge in [-0.05, 0) is 36.4 Å². The first-order valence-corrected chi connectivity index (χ1v) is 7.88. The number of hydrogen-bond donors (Lipinski definition) is 1. The standard InChI is InChI=1S/C14H13BrFNO2S/c1-19-13-4-2-10(15)6-9(13)8-20(18)14-5-3-11(17)7-12(14)16/h2-7H,8,17H2,1H3. The number of ether oxygens (including phenoxy) is 1. The summed E-state index contributed by atoms with van der Waals surface area (Å²) >= 11 is 3.35. The fraction of sp³-hybridized carbons (Fsp3) is 0.143. The maximum atomic E-state index is 13.8. The number of rotatable bonds is 4. The lowest BCUT2D eigenvalue weighted by Crippen LogP contribution is -2.02. The maximum Gasteiger partial charge on any atom is 0.141 e. The molecule has 0 saturated carbocycles. The van der Waals surface area contributed by atoms with Crippen LogP contribution in [-0.2, 0) is 16.6 Å². The van der Waals surface area contributed by atoms with Gasteiger partial charge in [0.05, 0.1) is 28.6 Å². The molecule has 1 atom stereocenters. The van der Waals surface area contributed by atoms with Crippen LogP contribution in [0.1, 0.15) is 5.56 Å². The first kappa shape index (κ1) is 15.0. The van der Waals surface area contributed by atoms with Crippen molar-refractivity contribution in [3.8, 4) is 5.75 Å². The molecule has 0 aliphatic heterocycles. The highest BCUT2D eigenvalue weighted by Gasteiger charge is 2.14. The van der Waals surface area contributed by atoms with Crippen molar-refractivity contribution < 1.29 is 13.3 Å². The van der Waals surface area contributed by atoms with E-state index in [9.17, 15) is 8.60 Å². The minimum Gasteiger partial charge on any atom is -0.496 e. The largest absolute Gasteiger partial charge is 0.496 e. The van der Waals surface area contributed by atoms with Crippen molar-refractivity contribution in [1.82, 2.24) is 0 Å². The molecule has 0 amide bonds. The lowest BCUT2D eigenvalue weighted by atomic mass is 10.2. The second-order valence-corrected chi connectivity index (χ2v) is 6.47. The van der Waals surface area contributed by atoms with Crippen molar-refractivity contribution in [3.63, 3.8) is 0 Å². The molecule has 0 bridgehead atoms. The molecule has 0 heterocycles. The van der Waals surface area contributed by atoms with Crippen molar-refractivity contribution in [3.05, 3.63) is 52.3 Å². The quantitative estimate of drug-likeness (QED) is 0.852. The zero-order valence-corrected chi connectivity index (χ0v) is 13.1. The van der Waals surface area contributed by atoms with Gasteiger partial charge in [-0.15, -0.1) is 0 Å². The zero-order valence-electron chi connectivity index (χ0n) is 10.7. The molecule has 0 radical (unpaired) electrons. The van der Waals surface area contributed by atoms with E-state index < -0.39 is 16.6 Å². The van der Waals surface area contributed by atoms with Gasteiger partial charge in [-0.1, -0.05) is 15.9 Å². The topological polar surface area (TPSA) is 52.3 Å². The molecule has 0 aliphatic rings. The average molecular weight is 358 g/mol. The van der Waals surface area contributed by atoms with Gasteiger partial charge in [-0.25, -0.2) is 4.39 Å². The summed E-state index contributed by atoms with van der Waals surface area (Å²) < 4.78 is 32.1. The Bertz CT molecular complexity index is 664. The highest BCUT2D eigenvalue weighted by Crippen LogP contribution is 2.26. The van der Waals surface area contributed by atoms with Gasteiger partial charge in [0.1, 0.15) is 11.6 Å². The Morgan fingerprint density at radius 2 is 2.05 bits per heavy atom. The van der Waals surface area contributed by atoms with Crippen molar-refractivity contribution in [1.29, 1.82) is 0 Å². The Balaban J connectivity index is 2.30. The maximum absolute atomic E-state index is 13.8. The summed E-state index contributed by atoms with van der Waals surface area (Å²) in [5.74, 6) is 0.235. The van der Waals surface area contributed by atoms with Crippen LogP contribution >= 0.6 is 15.9 Å². The molecular weight excluding hydrogens is 345 g/mol. The van der Waals surface area contributed by atoms with Crippen LogP contribution in [0.4, 0.5) is 10.1 Å². The molecule has 0 aromatic heterocycles. The third-order valence-electron chi connectivity index (χ3n) is 2.73. The third-order valence-corrected chi connectivity index (χ3v) is 4.62. The summed E-state index contributed by atoms with van der Waals surface area (Å²) in [5.41, 5.74) is 6.54. The highest BCUT2D eigenvalue weighted by molar-refractivity contribution is 9.10. The van der Waals surface area contributed by atoms with E-state index in [1.807, 2.05) is 12.1 Å². The number of hydrogen-bond acceptors (Lipinski definition) is 3. The first-order chi connectivity index (χ1) is 9.51. The van der Waals surface area contributed by atoms with Crippen LogP contribution in [0, 0.1) is 5.82 Å². The number of methoxy groups -OCH3 is 1. The lowest BCUT2D eigenvalue weighted by molar-refractivity contribution is 0.411. The molecule has 106 valence electrons. The monoisotopic (exact) mass is 357 g/mol. The molecular formula is C14H13BrFNO2S. The van der Waals surface area contributed by atoms with Crippen molar-refractivity contribution in [2.24, 2.45) is 0 Å². The normalized spacial score (nSPS) is 12.2. The minimum absolute atomic E-state index is 0.140. The van der Waals surface area contributed by atoms with Gasteiger partial charge in [0.25, 0.3) is 0 Å². The third kappa shape index (κ3) is 3.37. The van der Waals surface area contributed by atoms with Crippen LogP contribution in [0.3, 0.4) is 0 Å². The second kappa shape index (κ2) is 6.37. The van der Waals surface area contributed by atoms with Gasteiger partial charge in [0, 0.05) is 15.7 Å². The van der Waals surface area contributed by atoms with Crippen molar-refractivity contribution >= 4 is 32.4 Å². The number of anilines is 1. The smallest absolute Gasteiger partial charge is 0.141 e. The Morgan fingerprint density at radius 3 is 2.70 bits per heavy atom. The first-order valence-electron chi connectivity index (χ1n) is 5.77. The summed E-state index contributed by atoms with van der Waals surface area (Å²) in [4.78, 5) is 0.140. The van der Waals surface area contributed by atoms with E-state index in [2.05, 4.69) is 15.9 Å². The molecule has 2 aromatic carbocycles. The van der Waals surface area contributed by atoms with Gasteiger partial charge in [-0.2, -0.15) is 0 Å². The van der Waals surface area contributed by atoms with Gasteiger partial charge < -0.3 is 10.5 Å². The second-order valence-electron chi connectivity index (χ2n) is 4.14. The van der Waals surface area contributed by atoms with Crippen molar-refractivity contribution in [2.75, 3.05) is 12.8 Å². The fourth-order valence-corrected chi connectivity index (χ4v) is 3.35. The molecule has 2 rings (SSSR count). The van der Waals surface area contributed by atoms with Crippen LogP contribution in [-0.4, -0.2) is 11.3 Å². The molecule has 2 aromatic rings. The predicted molar refractivity (Wildman–Crippen MR) is 81.6 cm³/mol. The van der Waals surface area contributed by atoms with Crippen LogP contribution in [0.5, 0.6) is 5.75 Å². The Labute approximate surface area is 127 Å². The van der Waals surface area contributed by atoms with E-state index in [-0.39, 0.29) is 10.6 Å². The fourth-order valence-electron chi connectivity index (χ4n) is 1.78. The summed E-state index contributed by atoms with van der Waals surface area (Å²) in [7, 11) is 0.0354. The molecule has 2 N–H and O–H groups in total. The molecule has 1 unspecified atom stereocenters. The number of nitrogen functional groups attached to an aromatic ring is 1. The van der Waals surface area contributed by atoms with E-state index in [1.165, 1.54) is 18.2 Å². The molecule has 0 fully saturated rings.